The Morgan fingerprint density at radius 3 is 2.79 bits per heavy atom. The summed E-state index contributed by atoms with van der Waals surface area (Å²) in [5, 5.41) is 2.99. The number of ketones is 1. The molecule has 0 fully saturated rings. The molecule has 0 bridgehead atoms. The lowest BCUT2D eigenvalue weighted by atomic mass is 10.1. The van der Waals surface area contributed by atoms with Gasteiger partial charge in [0, 0.05) is 0 Å². The van der Waals surface area contributed by atoms with E-state index in [1.54, 1.807) is 19.2 Å². The standard InChI is InChI=1S/C11H15NO2/c1-3-12-8-10(13)9-6-4-5-7-11(9)14-2/h4-7,12H,3,8H2,1-2H3. The Labute approximate surface area is 84.1 Å². The fraction of sp³-hybridized carbons (Fsp3) is 0.364. The molecule has 0 aliphatic heterocycles. The number of hydrogen-bond donors (Lipinski definition) is 1. The number of carbonyl (C=O) groups excluding carboxylic acids is 1. The van der Waals surface area contributed by atoms with Gasteiger partial charge in [0.1, 0.15) is 5.75 Å². The molecule has 0 spiro atoms. The van der Waals surface area contributed by atoms with Crippen LogP contribution in [-0.4, -0.2) is 26.0 Å². The molecule has 14 heavy (non-hydrogen) atoms. The van der Waals surface area contributed by atoms with Crippen LogP contribution >= 0.6 is 0 Å². The van der Waals surface area contributed by atoms with Crippen LogP contribution in [0.4, 0.5) is 0 Å². The van der Waals surface area contributed by atoms with Crippen molar-refractivity contribution in [1.29, 1.82) is 0 Å². The average molecular weight is 193 g/mol. The third kappa shape index (κ3) is 2.57. The van der Waals surface area contributed by atoms with E-state index >= 15 is 0 Å². The molecule has 1 aromatic carbocycles. The number of carbonyl (C=O) groups is 1. The van der Waals surface area contributed by atoms with Gasteiger partial charge in [0.15, 0.2) is 5.78 Å². The Kier molecular flexibility index (Phi) is 4.13. The number of benzene rings is 1. The molecule has 0 unspecified atom stereocenters. The molecule has 0 saturated heterocycles. The molecule has 76 valence electrons. The first-order valence-electron chi connectivity index (χ1n) is 4.66. The lowest BCUT2D eigenvalue weighted by Gasteiger charge is -2.06. The number of hydrogen-bond acceptors (Lipinski definition) is 3. The van der Waals surface area contributed by atoms with Crippen LogP contribution in [0.2, 0.25) is 0 Å². The largest absolute Gasteiger partial charge is 0.496 e. The van der Waals surface area contributed by atoms with Gasteiger partial charge in [-0.25, -0.2) is 0 Å². The summed E-state index contributed by atoms with van der Waals surface area (Å²) in [6.07, 6.45) is 0. The van der Waals surface area contributed by atoms with Crippen molar-refractivity contribution in [3.63, 3.8) is 0 Å². The predicted octanol–water partition coefficient (Wildman–Crippen LogP) is 1.49. The van der Waals surface area contributed by atoms with Crippen molar-refractivity contribution < 1.29 is 9.53 Å². The van der Waals surface area contributed by atoms with E-state index in [2.05, 4.69) is 5.32 Å². The summed E-state index contributed by atoms with van der Waals surface area (Å²) in [6, 6.07) is 7.25. The van der Waals surface area contributed by atoms with Crippen LogP contribution in [-0.2, 0) is 0 Å². The highest BCUT2D eigenvalue weighted by Gasteiger charge is 2.09. The summed E-state index contributed by atoms with van der Waals surface area (Å²) in [6.45, 7) is 3.12. The van der Waals surface area contributed by atoms with Crippen molar-refractivity contribution in [1.82, 2.24) is 5.32 Å². The van der Waals surface area contributed by atoms with Gasteiger partial charge in [0.05, 0.1) is 19.2 Å². The van der Waals surface area contributed by atoms with Crippen LogP contribution < -0.4 is 10.1 Å². The Bertz CT molecular complexity index is 310. The number of rotatable bonds is 5. The predicted molar refractivity (Wildman–Crippen MR) is 55.9 cm³/mol. The van der Waals surface area contributed by atoms with Crippen LogP contribution in [0.5, 0.6) is 5.75 Å². The number of methoxy groups -OCH3 is 1. The van der Waals surface area contributed by atoms with Gasteiger partial charge < -0.3 is 10.1 Å². The first kappa shape index (κ1) is 10.7. The smallest absolute Gasteiger partial charge is 0.180 e. The molecule has 1 aromatic rings. The van der Waals surface area contributed by atoms with Crippen molar-refractivity contribution in [3.05, 3.63) is 29.8 Å². The maximum Gasteiger partial charge on any atom is 0.180 e. The van der Waals surface area contributed by atoms with Gasteiger partial charge in [0.25, 0.3) is 0 Å². The molecular formula is C11H15NO2. The zero-order valence-electron chi connectivity index (χ0n) is 8.54. The van der Waals surface area contributed by atoms with E-state index in [0.29, 0.717) is 17.9 Å². The second-order valence-corrected chi connectivity index (χ2v) is 2.90. The van der Waals surface area contributed by atoms with E-state index in [9.17, 15) is 4.79 Å². The first-order valence-corrected chi connectivity index (χ1v) is 4.66. The molecule has 0 amide bonds. The van der Waals surface area contributed by atoms with Crippen molar-refractivity contribution in [2.45, 2.75) is 6.92 Å². The van der Waals surface area contributed by atoms with E-state index in [0.717, 1.165) is 6.54 Å². The number of nitrogens with one attached hydrogen (secondary N) is 1. The maximum absolute atomic E-state index is 11.6. The SMILES string of the molecule is CCNCC(=O)c1ccccc1OC. The monoisotopic (exact) mass is 193 g/mol. The van der Waals surface area contributed by atoms with Gasteiger partial charge in [-0.3, -0.25) is 4.79 Å². The Morgan fingerprint density at radius 2 is 2.14 bits per heavy atom. The zero-order valence-corrected chi connectivity index (χ0v) is 8.54. The van der Waals surface area contributed by atoms with Crippen molar-refractivity contribution in [2.24, 2.45) is 0 Å². The zero-order chi connectivity index (χ0) is 10.4. The van der Waals surface area contributed by atoms with E-state index in [-0.39, 0.29) is 5.78 Å². The molecule has 3 nitrogen and oxygen atoms in total. The molecule has 0 atom stereocenters. The number of ether oxygens (including phenoxy) is 1. The minimum absolute atomic E-state index is 0.0595. The minimum atomic E-state index is 0.0595. The van der Waals surface area contributed by atoms with Crippen LogP contribution in [0.15, 0.2) is 24.3 Å². The Balaban J connectivity index is 2.78. The third-order valence-corrected chi connectivity index (χ3v) is 1.94. The van der Waals surface area contributed by atoms with Crippen molar-refractivity contribution in [3.8, 4) is 5.75 Å². The second-order valence-electron chi connectivity index (χ2n) is 2.90. The number of Topliss-reactive ketones (excluding diaryl/α,β-unsaturated/α-hetero) is 1. The van der Waals surface area contributed by atoms with Crippen LogP contribution in [0, 0.1) is 0 Å². The van der Waals surface area contributed by atoms with Gasteiger partial charge in [-0.05, 0) is 18.7 Å². The van der Waals surface area contributed by atoms with Crippen LogP contribution in [0.3, 0.4) is 0 Å². The molecule has 0 radical (unpaired) electrons. The van der Waals surface area contributed by atoms with Crippen molar-refractivity contribution >= 4 is 5.78 Å². The number of likely N-dealkylation sites (N-methyl/N-ethyl adjacent to an activating group) is 1. The fourth-order valence-electron chi connectivity index (χ4n) is 1.21. The molecule has 0 saturated carbocycles. The maximum atomic E-state index is 11.6. The molecule has 0 aliphatic rings. The molecular weight excluding hydrogens is 178 g/mol. The molecule has 1 N–H and O–H groups in total. The normalized spacial score (nSPS) is 9.86. The molecule has 0 aliphatic carbocycles. The van der Waals surface area contributed by atoms with Gasteiger partial charge in [0.2, 0.25) is 0 Å². The Morgan fingerprint density at radius 1 is 1.43 bits per heavy atom. The van der Waals surface area contributed by atoms with E-state index < -0.39 is 0 Å². The van der Waals surface area contributed by atoms with E-state index in [1.807, 2.05) is 19.1 Å². The van der Waals surface area contributed by atoms with Crippen LogP contribution in [0.25, 0.3) is 0 Å². The highest BCUT2D eigenvalue weighted by molar-refractivity contribution is 6.00. The van der Waals surface area contributed by atoms with Crippen LogP contribution in [0.1, 0.15) is 17.3 Å². The second kappa shape index (κ2) is 5.40. The van der Waals surface area contributed by atoms with Gasteiger partial charge in [-0.1, -0.05) is 19.1 Å². The number of para-hydroxylation sites is 1. The quantitative estimate of drug-likeness (QED) is 0.720. The van der Waals surface area contributed by atoms with Gasteiger partial charge >= 0.3 is 0 Å². The summed E-state index contributed by atoms with van der Waals surface area (Å²) < 4.78 is 5.10. The summed E-state index contributed by atoms with van der Waals surface area (Å²) in [7, 11) is 1.57. The van der Waals surface area contributed by atoms with Gasteiger partial charge in [-0.15, -0.1) is 0 Å². The average Bonchev–Trinajstić information content (AvgIpc) is 2.25. The third-order valence-electron chi connectivity index (χ3n) is 1.94. The first-order chi connectivity index (χ1) is 6.79. The van der Waals surface area contributed by atoms with Gasteiger partial charge in [-0.2, -0.15) is 0 Å². The summed E-state index contributed by atoms with van der Waals surface area (Å²) >= 11 is 0. The topological polar surface area (TPSA) is 38.3 Å². The lowest BCUT2D eigenvalue weighted by molar-refractivity contribution is 0.0989. The Hall–Kier alpha value is -1.35. The van der Waals surface area contributed by atoms with E-state index in [1.165, 1.54) is 0 Å². The molecule has 1 rings (SSSR count). The summed E-state index contributed by atoms with van der Waals surface area (Å²) in [5.74, 6) is 0.694. The highest BCUT2D eigenvalue weighted by atomic mass is 16.5. The fourth-order valence-corrected chi connectivity index (χ4v) is 1.21. The summed E-state index contributed by atoms with van der Waals surface area (Å²) in [5.41, 5.74) is 0.635. The van der Waals surface area contributed by atoms with E-state index in [4.69, 9.17) is 4.74 Å². The molecule has 0 heterocycles. The van der Waals surface area contributed by atoms with Crippen molar-refractivity contribution in [2.75, 3.05) is 20.2 Å². The summed E-state index contributed by atoms with van der Waals surface area (Å²) in [4.78, 5) is 11.6. The highest BCUT2D eigenvalue weighted by Crippen LogP contribution is 2.17. The molecule has 0 aromatic heterocycles. The lowest BCUT2D eigenvalue weighted by Crippen LogP contribution is -2.22. The molecule has 3 heteroatoms. The minimum Gasteiger partial charge on any atom is -0.496 e.